The standard InChI is InChI=1S/C14H16N4O2/c19-13(10-2-5-15-12-11(10)8-16-17-12)18-6-7-20-14(9-18)3-1-4-14/h2,5,8H,1,3-4,6-7,9H2,(H,15,16,17). The second-order valence-corrected chi connectivity index (χ2v) is 5.60. The minimum Gasteiger partial charge on any atom is -0.371 e. The van der Waals surface area contributed by atoms with Gasteiger partial charge in [-0.25, -0.2) is 4.98 Å². The number of carbonyl (C=O) groups is 1. The average Bonchev–Trinajstić information content (AvgIpc) is 2.93. The van der Waals surface area contributed by atoms with Crippen LogP contribution in [0.25, 0.3) is 11.0 Å². The first-order chi connectivity index (χ1) is 9.77. The second-order valence-electron chi connectivity index (χ2n) is 5.60. The summed E-state index contributed by atoms with van der Waals surface area (Å²) in [6.45, 7) is 1.99. The molecule has 2 aromatic heterocycles. The van der Waals surface area contributed by atoms with Crippen LogP contribution in [-0.4, -0.2) is 51.3 Å². The van der Waals surface area contributed by atoms with Gasteiger partial charge in [0, 0.05) is 12.7 Å². The zero-order valence-electron chi connectivity index (χ0n) is 11.1. The number of morpholine rings is 1. The van der Waals surface area contributed by atoms with Crippen LogP contribution < -0.4 is 0 Å². The molecule has 6 heteroatoms. The van der Waals surface area contributed by atoms with Gasteiger partial charge in [0.15, 0.2) is 5.65 Å². The molecule has 1 saturated carbocycles. The molecule has 0 radical (unpaired) electrons. The van der Waals surface area contributed by atoms with Crippen molar-refractivity contribution < 1.29 is 9.53 Å². The Morgan fingerprint density at radius 1 is 1.45 bits per heavy atom. The molecular formula is C14H16N4O2. The molecule has 1 N–H and O–H groups in total. The van der Waals surface area contributed by atoms with Gasteiger partial charge in [0.1, 0.15) is 0 Å². The summed E-state index contributed by atoms with van der Waals surface area (Å²) in [5, 5.41) is 7.55. The Morgan fingerprint density at radius 3 is 3.15 bits per heavy atom. The highest BCUT2D eigenvalue weighted by Gasteiger charge is 2.43. The maximum Gasteiger partial charge on any atom is 0.254 e. The van der Waals surface area contributed by atoms with E-state index in [0.717, 1.165) is 18.2 Å². The summed E-state index contributed by atoms with van der Waals surface area (Å²) < 4.78 is 5.87. The zero-order valence-corrected chi connectivity index (χ0v) is 11.1. The van der Waals surface area contributed by atoms with E-state index >= 15 is 0 Å². The van der Waals surface area contributed by atoms with Gasteiger partial charge in [-0.15, -0.1) is 0 Å². The van der Waals surface area contributed by atoms with Crippen molar-refractivity contribution in [2.24, 2.45) is 0 Å². The topological polar surface area (TPSA) is 71.1 Å². The maximum absolute atomic E-state index is 12.7. The fraction of sp³-hybridized carbons (Fsp3) is 0.500. The van der Waals surface area contributed by atoms with Crippen LogP contribution in [0.1, 0.15) is 29.6 Å². The third kappa shape index (κ3) is 1.71. The van der Waals surface area contributed by atoms with Crippen LogP contribution in [0.2, 0.25) is 0 Å². The number of fused-ring (bicyclic) bond motifs is 1. The number of rotatable bonds is 1. The summed E-state index contributed by atoms with van der Waals surface area (Å²) in [5.41, 5.74) is 1.25. The number of hydrogen-bond acceptors (Lipinski definition) is 4. The van der Waals surface area contributed by atoms with E-state index in [1.54, 1.807) is 18.5 Å². The number of aromatic nitrogens is 3. The van der Waals surface area contributed by atoms with Crippen LogP contribution in [0.3, 0.4) is 0 Å². The second kappa shape index (κ2) is 4.28. The Hall–Kier alpha value is -1.95. The summed E-state index contributed by atoms with van der Waals surface area (Å²) >= 11 is 0. The summed E-state index contributed by atoms with van der Waals surface area (Å²) in [6, 6.07) is 1.77. The van der Waals surface area contributed by atoms with Crippen molar-refractivity contribution in [3.63, 3.8) is 0 Å². The quantitative estimate of drug-likeness (QED) is 0.850. The van der Waals surface area contributed by atoms with E-state index in [9.17, 15) is 4.79 Å². The van der Waals surface area contributed by atoms with Gasteiger partial charge in [0.2, 0.25) is 0 Å². The molecule has 2 fully saturated rings. The predicted molar refractivity (Wildman–Crippen MR) is 72.3 cm³/mol. The Kier molecular flexibility index (Phi) is 2.53. The highest BCUT2D eigenvalue weighted by Crippen LogP contribution is 2.38. The molecule has 3 heterocycles. The van der Waals surface area contributed by atoms with Crippen LogP contribution >= 0.6 is 0 Å². The molecule has 1 aliphatic heterocycles. The number of aromatic amines is 1. The number of carbonyl (C=O) groups excluding carboxylic acids is 1. The van der Waals surface area contributed by atoms with Gasteiger partial charge >= 0.3 is 0 Å². The van der Waals surface area contributed by atoms with E-state index in [1.165, 1.54) is 6.42 Å². The van der Waals surface area contributed by atoms with E-state index in [1.807, 2.05) is 4.90 Å². The van der Waals surface area contributed by atoms with Gasteiger partial charge in [0.05, 0.1) is 35.9 Å². The lowest BCUT2D eigenvalue weighted by molar-refractivity contribution is -0.142. The fourth-order valence-electron chi connectivity index (χ4n) is 3.10. The van der Waals surface area contributed by atoms with Crippen molar-refractivity contribution in [1.82, 2.24) is 20.1 Å². The lowest BCUT2D eigenvalue weighted by atomic mass is 9.79. The summed E-state index contributed by atoms with van der Waals surface area (Å²) in [6.07, 6.45) is 6.63. The van der Waals surface area contributed by atoms with Gasteiger partial charge in [-0.2, -0.15) is 5.10 Å². The van der Waals surface area contributed by atoms with Crippen LogP contribution in [0.5, 0.6) is 0 Å². The van der Waals surface area contributed by atoms with Gasteiger partial charge in [0.25, 0.3) is 5.91 Å². The molecule has 2 aromatic rings. The highest BCUT2D eigenvalue weighted by atomic mass is 16.5. The van der Waals surface area contributed by atoms with Crippen molar-refractivity contribution in [3.8, 4) is 0 Å². The number of hydrogen-bond donors (Lipinski definition) is 1. The van der Waals surface area contributed by atoms with Crippen molar-refractivity contribution in [2.75, 3.05) is 19.7 Å². The number of amides is 1. The number of H-pyrrole nitrogens is 1. The van der Waals surface area contributed by atoms with Crippen molar-refractivity contribution in [1.29, 1.82) is 0 Å². The van der Waals surface area contributed by atoms with E-state index in [-0.39, 0.29) is 11.5 Å². The number of ether oxygens (including phenoxy) is 1. The Morgan fingerprint density at radius 2 is 2.35 bits per heavy atom. The molecule has 6 nitrogen and oxygen atoms in total. The van der Waals surface area contributed by atoms with Gasteiger partial charge < -0.3 is 9.64 Å². The third-order valence-electron chi connectivity index (χ3n) is 4.39. The minimum atomic E-state index is -0.0730. The number of nitrogens with zero attached hydrogens (tertiary/aromatic N) is 3. The molecule has 0 unspecified atom stereocenters. The van der Waals surface area contributed by atoms with E-state index < -0.39 is 0 Å². The molecule has 2 aliphatic rings. The lowest BCUT2D eigenvalue weighted by Crippen LogP contribution is -2.57. The molecule has 104 valence electrons. The molecule has 0 aromatic carbocycles. The van der Waals surface area contributed by atoms with E-state index in [2.05, 4.69) is 15.2 Å². The Bertz CT molecular complexity index is 662. The molecule has 20 heavy (non-hydrogen) atoms. The normalized spacial score (nSPS) is 21.1. The Labute approximate surface area is 116 Å². The first kappa shape index (κ1) is 11.8. The monoisotopic (exact) mass is 272 g/mol. The first-order valence-electron chi connectivity index (χ1n) is 6.99. The molecule has 1 amide bonds. The molecule has 1 saturated heterocycles. The highest BCUT2D eigenvalue weighted by molar-refractivity contribution is 6.05. The van der Waals surface area contributed by atoms with Crippen LogP contribution in [0.15, 0.2) is 18.5 Å². The van der Waals surface area contributed by atoms with Crippen LogP contribution in [0.4, 0.5) is 0 Å². The molecule has 4 rings (SSSR count). The van der Waals surface area contributed by atoms with Crippen LogP contribution in [-0.2, 0) is 4.74 Å². The molecule has 0 bridgehead atoms. The molecule has 1 spiro atoms. The van der Waals surface area contributed by atoms with E-state index in [0.29, 0.717) is 30.9 Å². The van der Waals surface area contributed by atoms with Crippen LogP contribution in [0, 0.1) is 0 Å². The van der Waals surface area contributed by atoms with Crippen molar-refractivity contribution in [2.45, 2.75) is 24.9 Å². The predicted octanol–water partition coefficient (Wildman–Crippen LogP) is 1.35. The van der Waals surface area contributed by atoms with Crippen molar-refractivity contribution in [3.05, 3.63) is 24.0 Å². The molecule has 1 aliphatic carbocycles. The summed E-state index contributed by atoms with van der Waals surface area (Å²) in [5.74, 6) is 0.0494. The Balaban J connectivity index is 1.65. The average molecular weight is 272 g/mol. The molecular weight excluding hydrogens is 256 g/mol. The largest absolute Gasteiger partial charge is 0.371 e. The number of nitrogens with one attached hydrogen (secondary N) is 1. The van der Waals surface area contributed by atoms with Gasteiger partial charge in [-0.05, 0) is 25.3 Å². The maximum atomic E-state index is 12.7. The third-order valence-corrected chi connectivity index (χ3v) is 4.39. The zero-order chi connectivity index (χ0) is 13.6. The summed E-state index contributed by atoms with van der Waals surface area (Å²) in [7, 11) is 0. The van der Waals surface area contributed by atoms with E-state index in [4.69, 9.17) is 4.74 Å². The molecule has 0 atom stereocenters. The van der Waals surface area contributed by atoms with Crippen molar-refractivity contribution >= 4 is 16.9 Å². The minimum absolute atomic E-state index is 0.0494. The summed E-state index contributed by atoms with van der Waals surface area (Å²) in [4.78, 5) is 18.8. The fourth-order valence-corrected chi connectivity index (χ4v) is 3.10. The van der Waals surface area contributed by atoms with Gasteiger partial charge in [-0.1, -0.05) is 0 Å². The first-order valence-corrected chi connectivity index (χ1v) is 6.99. The lowest BCUT2D eigenvalue weighted by Gasteiger charge is -2.48. The SMILES string of the molecule is O=C(c1ccnc2[nH]ncc12)N1CCOC2(CCC2)C1. The van der Waals surface area contributed by atoms with Gasteiger partial charge in [-0.3, -0.25) is 9.89 Å². The smallest absolute Gasteiger partial charge is 0.254 e. The number of pyridine rings is 1.